The van der Waals surface area contributed by atoms with Crippen LogP contribution in [-0.2, 0) is 13.2 Å². The van der Waals surface area contributed by atoms with Crippen LogP contribution in [0.25, 0.3) is 0 Å². The highest BCUT2D eigenvalue weighted by molar-refractivity contribution is 7.80. The number of halogens is 3. The van der Waals surface area contributed by atoms with Crippen molar-refractivity contribution in [2.75, 3.05) is 0 Å². The first-order chi connectivity index (χ1) is 13.0. The number of nitrogens with one attached hydrogen (secondary N) is 1. The summed E-state index contributed by atoms with van der Waals surface area (Å²) in [5.74, 6) is 0.436. The molecule has 0 fully saturated rings. The van der Waals surface area contributed by atoms with E-state index < -0.39 is 0 Å². The molecule has 0 radical (unpaired) electrons. The zero-order valence-electron chi connectivity index (χ0n) is 14.2. The van der Waals surface area contributed by atoms with Crippen LogP contribution in [0.2, 0.25) is 10.0 Å². The van der Waals surface area contributed by atoms with Gasteiger partial charge in [0.1, 0.15) is 23.2 Å². The minimum atomic E-state index is -0.255. The number of rotatable bonds is 6. The topological polar surface area (TPSA) is 21.3 Å². The Morgan fingerprint density at radius 1 is 0.926 bits per heavy atom. The number of benzene rings is 3. The number of thiocarbonyl (C=S) groups is 1. The summed E-state index contributed by atoms with van der Waals surface area (Å²) in [7, 11) is 0. The van der Waals surface area contributed by atoms with E-state index in [1.165, 1.54) is 12.1 Å². The molecule has 1 N–H and O–H groups in total. The molecule has 0 spiro atoms. The first-order valence-electron chi connectivity index (χ1n) is 8.21. The molecule has 0 bridgehead atoms. The van der Waals surface area contributed by atoms with Gasteiger partial charge in [0.25, 0.3) is 0 Å². The summed E-state index contributed by atoms with van der Waals surface area (Å²) in [6.45, 7) is 0.813. The quantitative estimate of drug-likeness (QED) is 0.482. The molecule has 0 aliphatic rings. The fourth-order valence-electron chi connectivity index (χ4n) is 2.41. The molecule has 6 heteroatoms. The van der Waals surface area contributed by atoms with Crippen LogP contribution in [0.5, 0.6) is 5.75 Å². The van der Waals surface area contributed by atoms with E-state index in [0.29, 0.717) is 27.3 Å². The SMILES string of the molecule is Fc1ccc(CNC(=S)c2ccc(OCc3c(Cl)cccc3Cl)cc2)cc1. The van der Waals surface area contributed by atoms with Crippen LogP contribution in [0.4, 0.5) is 4.39 Å². The molecule has 0 amide bonds. The van der Waals surface area contributed by atoms with Crippen molar-refractivity contribution in [1.82, 2.24) is 5.32 Å². The van der Waals surface area contributed by atoms with E-state index in [1.807, 2.05) is 24.3 Å². The van der Waals surface area contributed by atoms with Crippen molar-refractivity contribution >= 4 is 40.4 Å². The molecule has 0 saturated carbocycles. The highest BCUT2D eigenvalue weighted by atomic mass is 35.5. The van der Waals surface area contributed by atoms with Gasteiger partial charge in [-0.1, -0.05) is 53.6 Å². The van der Waals surface area contributed by atoms with Crippen LogP contribution in [0.1, 0.15) is 16.7 Å². The largest absolute Gasteiger partial charge is 0.489 e. The molecule has 0 aliphatic carbocycles. The van der Waals surface area contributed by atoms with Crippen molar-refractivity contribution in [2.45, 2.75) is 13.2 Å². The summed E-state index contributed by atoms with van der Waals surface area (Å²) in [5.41, 5.74) is 2.58. The maximum Gasteiger partial charge on any atom is 0.123 e. The Morgan fingerprint density at radius 3 is 2.19 bits per heavy atom. The van der Waals surface area contributed by atoms with Gasteiger partial charge >= 0.3 is 0 Å². The van der Waals surface area contributed by atoms with Gasteiger partial charge in [-0.25, -0.2) is 4.39 Å². The molecule has 138 valence electrons. The van der Waals surface area contributed by atoms with Gasteiger partial charge in [-0.15, -0.1) is 0 Å². The van der Waals surface area contributed by atoms with E-state index >= 15 is 0 Å². The molecule has 3 aromatic rings. The Hall–Kier alpha value is -2.14. The third-order valence-corrected chi connectivity index (χ3v) is 5.02. The second-order valence-electron chi connectivity index (χ2n) is 5.82. The fourth-order valence-corrected chi connectivity index (χ4v) is 3.13. The Morgan fingerprint density at radius 2 is 1.56 bits per heavy atom. The summed E-state index contributed by atoms with van der Waals surface area (Å²) in [6, 6.07) is 19.1. The first kappa shape index (κ1) is 19.6. The lowest BCUT2D eigenvalue weighted by atomic mass is 10.2. The summed E-state index contributed by atoms with van der Waals surface area (Å²) in [4.78, 5) is 0.611. The molecule has 0 saturated heterocycles. The van der Waals surface area contributed by atoms with Crippen molar-refractivity contribution < 1.29 is 9.13 Å². The van der Waals surface area contributed by atoms with Gasteiger partial charge in [-0.05, 0) is 54.1 Å². The van der Waals surface area contributed by atoms with Crippen molar-refractivity contribution in [3.63, 3.8) is 0 Å². The summed E-state index contributed by atoms with van der Waals surface area (Å²) in [6.07, 6.45) is 0. The standard InChI is InChI=1S/C21H16Cl2FNOS/c22-19-2-1-3-20(23)18(19)13-26-17-10-6-15(7-11-17)21(27)25-12-14-4-8-16(24)9-5-14/h1-11H,12-13H2,(H,25,27). The van der Waals surface area contributed by atoms with E-state index in [0.717, 1.165) is 16.7 Å². The van der Waals surface area contributed by atoms with E-state index in [4.69, 9.17) is 40.2 Å². The van der Waals surface area contributed by atoms with Crippen LogP contribution in [0.3, 0.4) is 0 Å². The summed E-state index contributed by atoms with van der Waals surface area (Å²) in [5, 5.41) is 4.31. The fraction of sp³-hybridized carbons (Fsp3) is 0.0952. The molecule has 0 unspecified atom stereocenters. The highest BCUT2D eigenvalue weighted by Gasteiger charge is 2.07. The molecule has 3 aromatic carbocycles. The number of hydrogen-bond acceptors (Lipinski definition) is 2. The predicted molar refractivity (Wildman–Crippen MR) is 112 cm³/mol. The van der Waals surface area contributed by atoms with Gasteiger partial charge in [-0.3, -0.25) is 0 Å². The molecule has 0 heterocycles. The van der Waals surface area contributed by atoms with Crippen molar-refractivity contribution in [3.05, 3.63) is 99.3 Å². The monoisotopic (exact) mass is 419 g/mol. The minimum Gasteiger partial charge on any atom is -0.489 e. The predicted octanol–water partition coefficient (Wildman–Crippen LogP) is 6.18. The third kappa shape index (κ3) is 5.42. The molecule has 2 nitrogen and oxygen atoms in total. The highest BCUT2D eigenvalue weighted by Crippen LogP contribution is 2.26. The average molecular weight is 420 g/mol. The second-order valence-corrected chi connectivity index (χ2v) is 7.05. The normalized spacial score (nSPS) is 10.5. The Bertz CT molecular complexity index is 910. The maximum atomic E-state index is 12.9. The van der Waals surface area contributed by atoms with Crippen molar-refractivity contribution in [3.8, 4) is 5.75 Å². The zero-order chi connectivity index (χ0) is 19.2. The van der Waals surface area contributed by atoms with Crippen LogP contribution in [-0.4, -0.2) is 4.99 Å². The Balaban J connectivity index is 1.56. The van der Waals surface area contributed by atoms with Crippen molar-refractivity contribution in [2.24, 2.45) is 0 Å². The third-order valence-electron chi connectivity index (χ3n) is 3.93. The first-order valence-corrected chi connectivity index (χ1v) is 9.38. The van der Waals surface area contributed by atoms with Gasteiger partial charge in [0, 0.05) is 27.7 Å². The molecular weight excluding hydrogens is 404 g/mol. The molecule has 3 rings (SSSR count). The maximum absolute atomic E-state index is 12.9. The van der Waals surface area contributed by atoms with Crippen LogP contribution in [0.15, 0.2) is 66.7 Å². The Kier molecular flexibility index (Phi) is 6.67. The second kappa shape index (κ2) is 9.18. The lowest BCUT2D eigenvalue weighted by Gasteiger charge is -2.11. The van der Waals surface area contributed by atoms with Gasteiger partial charge in [0.15, 0.2) is 0 Å². The number of ether oxygens (including phenoxy) is 1. The van der Waals surface area contributed by atoms with Crippen molar-refractivity contribution in [1.29, 1.82) is 0 Å². The number of hydrogen-bond donors (Lipinski definition) is 1. The summed E-state index contributed by atoms with van der Waals surface area (Å²) >= 11 is 17.7. The van der Waals surface area contributed by atoms with Gasteiger partial charge in [0.05, 0.1) is 0 Å². The smallest absolute Gasteiger partial charge is 0.123 e. The minimum absolute atomic E-state index is 0.255. The molecule has 27 heavy (non-hydrogen) atoms. The Labute approximate surface area is 172 Å². The van der Waals surface area contributed by atoms with Crippen LogP contribution >= 0.6 is 35.4 Å². The zero-order valence-corrected chi connectivity index (χ0v) is 16.5. The lowest BCUT2D eigenvalue weighted by molar-refractivity contribution is 0.306. The molecule has 0 aromatic heterocycles. The van der Waals surface area contributed by atoms with E-state index in [9.17, 15) is 4.39 Å². The van der Waals surface area contributed by atoms with Crippen LogP contribution in [0, 0.1) is 5.82 Å². The van der Waals surface area contributed by atoms with E-state index in [-0.39, 0.29) is 12.4 Å². The molecule has 0 aliphatic heterocycles. The van der Waals surface area contributed by atoms with Gasteiger partial charge in [-0.2, -0.15) is 0 Å². The van der Waals surface area contributed by atoms with Crippen LogP contribution < -0.4 is 10.1 Å². The van der Waals surface area contributed by atoms with Gasteiger partial charge < -0.3 is 10.1 Å². The molecular formula is C21H16Cl2FNOS. The van der Waals surface area contributed by atoms with Gasteiger partial charge in [0.2, 0.25) is 0 Å². The van der Waals surface area contributed by atoms with E-state index in [2.05, 4.69) is 5.32 Å². The molecule has 0 atom stereocenters. The summed E-state index contributed by atoms with van der Waals surface area (Å²) < 4.78 is 18.7. The lowest BCUT2D eigenvalue weighted by Crippen LogP contribution is -2.21. The van der Waals surface area contributed by atoms with E-state index in [1.54, 1.807) is 30.3 Å². The average Bonchev–Trinajstić information content (AvgIpc) is 2.67.